The molecule has 6 heteroatoms. The molecular formula is C16H17ClN2O3. The van der Waals surface area contributed by atoms with Gasteiger partial charge in [-0.3, -0.25) is 4.79 Å². The third kappa shape index (κ3) is 4.63. The van der Waals surface area contributed by atoms with Crippen LogP contribution in [-0.2, 0) is 23.0 Å². The average molecular weight is 321 g/mol. The van der Waals surface area contributed by atoms with Crippen LogP contribution in [0.1, 0.15) is 16.1 Å². The molecule has 0 bridgehead atoms. The molecule has 0 aliphatic heterocycles. The summed E-state index contributed by atoms with van der Waals surface area (Å²) in [5.41, 5.74) is 1.49. The first kappa shape index (κ1) is 16.1. The second kappa shape index (κ2) is 7.66. The molecule has 2 rings (SSSR count). The molecule has 1 N–H and O–H groups in total. The minimum atomic E-state index is -0.514. The Labute approximate surface area is 133 Å². The Balaban J connectivity index is 1.69. The van der Waals surface area contributed by atoms with Crippen LogP contribution in [0.3, 0.4) is 0 Å². The van der Waals surface area contributed by atoms with Crippen LogP contribution in [0.2, 0.25) is 5.02 Å². The van der Waals surface area contributed by atoms with Crippen molar-refractivity contribution < 1.29 is 14.3 Å². The van der Waals surface area contributed by atoms with E-state index < -0.39 is 5.97 Å². The molecule has 116 valence electrons. The maximum absolute atomic E-state index is 11.7. The lowest BCUT2D eigenvalue weighted by Gasteiger charge is -2.07. The fraction of sp³-hybridized carbons (Fsp3) is 0.250. The summed E-state index contributed by atoms with van der Waals surface area (Å²) in [5.74, 6) is -0.836. The largest absolute Gasteiger partial charge is 0.451 e. The van der Waals surface area contributed by atoms with Gasteiger partial charge in [0.25, 0.3) is 5.91 Å². The maximum atomic E-state index is 11.7. The highest BCUT2D eigenvalue weighted by atomic mass is 35.5. The molecule has 1 amide bonds. The molecule has 5 nitrogen and oxygen atoms in total. The van der Waals surface area contributed by atoms with E-state index in [4.69, 9.17) is 16.3 Å². The second-order valence-electron chi connectivity index (χ2n) is 4.81. The van der Waals surface area contributed by atoms with Gasteiger partial charge in [0.2, 0.25) is 0 Å². The lowest BCUT2D eigenvalue weighted by molar-refractivity contribution is -0.124. The minimum Gasteiger partial charge on any atom is -0.451 e. The number of ether oxygens (including phenoxy) is 1. The van der Waals surface area contributed by atoms with E-state index in [9.17, 15) is 9.59 Å². The first-order valence-corrected chi connectivity index (χ1v) is 7.23. The number of aryl methyl sites for hydroxylation is 1. The van der Waals surface area contributed by atoms with Gasteiger partial charge in [0.1, 0.15) is 5.69 Å². The number of aromatic nitrogens is 1. The highest BCUT2D eigenvalue weighted by Gasteiger charge is 2.12. The van der Waals surface area contributed by atoms with Crippen LogP contribution in [0.15, 0.2) is 42.6 Å². The predicted octanol–water partition coefficient (Wildman–Crippen LogP) is 2.19. The first-order chi connectivity index (χ1) is 10.6. The summed E-state index contributed by atoms with van der Waals surface area (Å²) in [4.78, 5) is 23.4. The number of carbonyl (C=O) groups is 2. The molecule has 0 spiro atoms. The van der Waals surface area contributed by atoms with E-state index in [2.05, 4.69) is 5.32 Å². The molecule has 2 aromatic rings. The highest BCUT2D eigenvalue weighted by Crippen LogP contribution is 2.09. The molecule has 1 aromatic carbocycles. The van der Waals surface area contributed by atoms with Crippen molar-refractivity contribution >= 4 is 23.5 Å². The lowest BCUT2D eigenvalue weighted by atomic mass is 10.1. The maximum Gasteiger partial charge on any atom is 0.355 e. The summed E-state index contributed by atoms with van der Waals surface area (Å²) in [7, 11) is 1.74. The van der Waals surface area contributed by atoms with Crippen molar-refractivity contribution in [1.29, 1.82) is 0 Å². The van der Waals surface area contributed by atoms with Crippen molar-refractivity contribution in [2.24, 2.45) is 7.05 Å². The van der Waals surface area contributed by atoms with Gasteiger partial charge >= 0.3 is 5.97 Å². The number of rotatable bonds is 6. The number of hydrogen-bond donors (Lipinski definition) is 1. The topological polar surface area (TPSA) is 60.3 Å². The minimum absolute atomic E-state index is 0.287. The van der Waals surface area contributed by atoms with Crippen molar-refractivity contribution in [3.63, 3.8) is 0 Å². The summed E-state index contributed by atoms with van der Waals surface area (Å²) in [6.07, 6.45) is 2.43. The number of nitrogens with one attached hydrogen (secondary N) is 1. The van der Waals surface area contributed by atoms with E-state index in [0.29, 0.717) is 23.7 Å². The normalized spacial score (nSPS) is 10.3. The van der Waals surface area contributed by atoms with Crippen molar-refractivity contribution in [2.75, 3.05) is 13.2 Å². The van der Waals surface area contributed by atoms with Crippen molar-refractivity contribution in [2.45, 2.75) is 6.42 Å². The standard InChI is InChI=1S/C16H17ClN2O3/c1-19-10-2-3-14(19)16(21)22-11-15(20)18-9-8-12-4-6-13(17)7-5-12/h2-7,10H,8-9,11H2,1H3,(H,18,20). The molecule has 0 fully saturated rings. The molecule has 1 heterocycles. The van der Waals surface area contributed by atoms with Crippen LogP contribution < -0.4 is 5.32 Å². The van der Waals surface area contributed by atoms with Gasteiger partial charge in [-0.1, -0.05) is 23.7 Å². The fourth-order valence-corrected chi connectivity index (χ4v) is 2.05. The molecule has 0 saturated carbocycles. The van der Waals surface area contributed by atoms with Crippen molar-refractivity contribution in [1.82, 2.24) is 9.88 Å². The van der Waals surface area contributed by atoms with E-state index in [1.54, 1.807) is 42.1 Å². The van der Waals surface area contributed by atoms with Gasteiger partial charge in [0, 0.05) is 24.8 Å². The SMILES string of the molecule is Cn1cccc1C(=O)OCC(=O)NCCc1ccc(Cl)cc1. The van der Waals surface area contributed by atoms with E-state index in [-0.39, 0.29) is 12.5 Å². The van der Waals surface area contributed by atoms with Crippen LogP contribution in [0, 0.1) is 0 Å². The summed E-state index contributed by atoms with van der Waals surface area (Å²) in [6.45, 7) is 0.187. The molecule has 0 aliphatic rings. The molecule has 22 heavy (non-hydrogen) atoms. The first-order valence-electron chi connectivity index (χ1n) is 6.86. The number of halogens is 1. The van der Waals surface area contributed by atoms with Gasteiger partial charge in [-0.05, 0) is 36.2 Å². The van der Waals surface area contributed by atoms with Crippen LogP contribution in [-0.4, -0.2) is 29.6 Å². The number of hydrogen-bond acceptors (Lipinski definition) is 3. The van der Waals surface area contributed by atoms with Crippen LogP contribution in [0.25, 0.3) is 0 Å². The Hall–Kier alpha value is -2.27. The molecular weight excluding hydrogens is 304 g/mol. The molecule has 0 saturated heterocycles. The van der Waals surface area contributed by atoms with Gasteiger partial charge in [0.05, 0.1) is 0 Å². The monoisotopic (exact) mass is 320 g/mol. The number of nitrogens with zero attached hydrogens (tertiary/aromatic N) is 1. The molecule has 0 aliphatic carbocycles. The zero-order valence-electron chi connectivity index (χ0n) is 12.2. The lowest BCUT2D eigenvalue weighted by Crippen LogP contribution is -2.30. The van der Waals surface area contributed by atoms with E-state index in [0.717, 1.165) is 5.56 Å². The molecule has 0 atom stereocenters. The third-order valence-electron chi connectivity index (χ3n) is 3.14. The van der Waals surface area contributed by atoms with Crippen molar-refractivity contribution in [3.05, 3.63) is 58.9 Å². The Morgan fingerprint density at radius 2 is 1.95 bits per heavy atom. The predicted molar refractivity (Wildman–Crippen MR) is 83.9 cm³/mol. The van der Waals surface area contributed by atoms with Gasteiger partial charge in [-0.15, -0.1) is 0 Å². The zero-order chi connectivity index (χ0) is 15.9. The van der Waals surface area contributed by atoms with Gasteiger partial charge in [-0.25, -0.2) is 4.79 Å². The van der Waals surface area contributed by atoms with Crippen LogP contribution in [0.5, 0.6) is 0 Å². The van der Waals surface area contributed by atoms with Gasteiger partial charge < -0.3 is 14.6 Å². The Bertz CT molecular complexity index is 650. The number of carbonyl (C=O) groups excluding carboxylic acids is 2. The molecule has 1 aromatic heterocycles. The summed E-state index contributed by atoms with van der Waals surface area (Å²) in [5, 5.41) is 3.39. The number of amides is 1. The molecule has 0 unspecified atom stereocenters. The summed E-state index contributed by atoms with van der Waals surface area (Å²) >= 11 is 5.80. The van der Waals surface area contributed by atoms with Gasteiger partial charge in [0.15, 0.2) is 6.61 Å². The second-order valence-corrected chi connectivity index (χ2v) is 5.24. The molecule has 0 radical (unpaired) electrons. The third-order valence-corrected chi connectivity index (χ3v) is 3.39. The number of esters is 1. The smallest absolute Gasteiger partial charge is 0.355 e. The average Bonchev–Trinajstić information content (AvgIpc) is 2.93. The zero-order valence-corrected chi connectivity index (χ0v) is 13.0. The Morgan fingerprint density at radius 3 is 2.59 bits per heavy atom. The fourth-order valence-electron chi connectivity index (χ4n) is 1.93. The van der Waals surface area contributed by atoms with E-state index in [1.165, 1.54) is 0 Å². The highest BCUT2D eigenvalue weighted by molar-refractivity contribution is 6.30. The van der Waals surface area contributed by atoms with E-state index in [1.807, 2.05) is 12.1 Å². The summed E-state index contributed by atoms with van der Waals surface area (Å²) in [6, 6.07) is 10.8. The quantitative estimate of drug-likeness (QED) is 0.830. The Morgan fingerprint density at radius 1 is 1.23 bits per heavy atom. The van der Waals surface area contributed by atoms with Crippen LogP contribution in [0.4, 0.5) is 0 Å². The van der Waals surface area contributed by atoms with E-state index >= 15 is 0 Å². The Kier molecular flexibility index (Phi) is 5.61. The van der Waals surface area contributed by atoms with Gasteiger partial charge in [-0.2, -0.15) is 0 Å². The summed E-state index contributed by atoms with van der Waals surface area (Å²) < 4.78 is 6.60. The van der Waals surface area contributed by atoms with Crippen molar-refractivity contribution in [3.8, 4) is 0 Å². The number of benzene rings is 1. The van der Waals surface area contributed by atoms with Crippen LogP contribution >= 0.6 is 11.6 Å².